The van der Waals surface area contributed by atoms with Gasteiger partial charge in [-0.05, 0) is 65.8 Å². The minimum atomic E-state index is 0. The molecule has 0 saturated carbocycles. The van der Waals surface area contributed by atoms with Crippen LogP contribution in [-0.2, 0) is 21.1 Å². The monoisotopic (exact) mass is 626 g/mol. The van der Waals surface area contributed by atoms with Gasteiger partial charge < -0.3 is 19.4 Å². The largest absolute Gasteiger partial charge is 0.505 e. The van der Waals surface area contributed by atoms with E-state index in [4.69, 9.17) is 4.74 Å². The number of rotatable bonds is 3. The van der Waals surface area contributed by atoms with Crippen LogP contribution in [0.1, 0.15) is 11.1 Å². The first-order valence-electron chi connectivity index (χ1n) is 10.6. The van der Waals surface area contributed by atoms with E-state index in [-0.39, 0.29) is 26.8 Å². The minimum Gasteiger partial charge on any atom is -0.505 e. The number of phenols is 1. The number of pyridine rings is 3. The zero-order chi connectivity index (χ0) is 22.5. The van der Waals surface area contributed by atoms with Crippen molar-refractivity contribution in [3.63, 3.8) is 0 Å². The van der Waals surface area contributed by atoms with Gasteiger partial charge in [-0.3, -0.25) is 0 Å². The van der Waals surface area contributed by atoms with Crippen molar-refractivity contribution in [3.8, 4) is 23.2 Å². The summed E-state index contributed by atoms with van der Waals surface area (Å²) in [6, 6.07) is 22.9. The van der Waals surface area contributed by atoms with Crippen molar-refractivity contribution in [1.82, 2.24) is 19.5 Å². The standard InChI is InChI=1S/C27H19N4O2.Pt/c1-16-10-11-19-17(2)13-24(30-26(19)27(16)32)33-18-14-22-25(29-15-18)20-7-3-4-8-21(20)31(22)23-9-5-6-12-28-23;/h3-13,15,32H,1-2H3;/q-1;. The molecular weight excluding hydrogens is 607 g/mol. The number of hydrogen-bond donors (Lipinski definition) is 1. The van der Waals surface area contributed by atoms with E-state index in [1.807, 2.05) is 79.1 Å². The van der Waals surface area contributed by atoms with E-state index in [9.17, 15) is 5.11 Å². The Hall–Kier alpha value is -3.76. The molecule has 7 heteroatoms. The average molecular weight is 627 g/mol. The summed E-state index contributed by atoms with van der Waals surface area (Å²) in [5, 5.41) is 12.4. The van der Waals surface area contributed by atoms with Crippen LogP contribution in [0.15, 0.2) is 73.1 Å². The fourth-order valence-corrected chi connectivity index (χ4v) is 4.20. The quantitative estimate of drug-likeness (QED) is 0.243. The Morgan fingerprint density at radius 1 is 0.882 bits per heavy atom. The first kappa shape index (κ1) is 22.1. The summed E-state index contributed by atoms with van der Waals surface area (Å²) in [6.07, 6.45) is 3.41. The fourth-order valence-electron chi connectivity index (χ4n) is 4.20. The summed E-state index contributed by atoms with van der Waals surface area (Å²) in [5.41, 5.74) is 4.82. The minimum absolute atomic E-state index is 0. The summed E-state index contributed by atoms with van der Waals surface area (Å²) in [5.74, 6) is 1.74. The normalized spacial score (nSPS) is 11.1. The molecule has 0 atom stereocenters. The number of nitrogens with zero attached hydrogens (tertiary/aromatic N) is 4. The molecule has 0 unspecified atom stereocenters. The van der Waals surface area contributed by atoms with Crippen molar-refractivity contribution in [3.05, 3.63) is 90.3 Å². The van der Waals surface area contributed by atoms with Crippen molar-refractivity contribution in [1.29, 1.82) is 0 Å². The molecule has 6 nitrogen and oxygen atoms in total. The molecule has 0 aliphatic rings. The molecule has 1 N–H and O–H groups in total. The fraction of sp³-hybridized carbons (Fsp3) is 0.0741. The van der Waals surface area contributed by atoms with Gasteiger partial charge in [0.1, 0.15) is 17.1 Å². The second kappa shape index (κ2) is 8.54. The molecular formula is C27H19N4O2Pt-. The van der Waals surface area contributed by atoms with Crippen LogP contribution in [0.3, 0.4) is 0 Å². The molecule has 0 aliphatic heterocycles. The Balaban J connectivity index is 0.00000241. The van der Waals surface area contributed by atoms with Crippen molar-refractivity contribution in [2.24, 2.45) is 0 Å². The van der Waals surface area contributed by atoms with Gasteiger partial charge in [-0.25, -0.2) is 9.97 Å². The topological polar surface area (TPSA) is 73.1 Å². The van der Waals surface area contributed by atoms with Crippen LogP contribution in [0.2, 0.25) is 0 Å². The van der Waals surface area contributed by atoms with Gasteiger partial charge in [0.15, 0.2) is 0 Å². The summed E-state index contributed by atoms with van der Waals surface area (Å²) in [7, 11) is 0. The Labute approximate surface area is 210 Å². The molecule has 4 aromatic heterocycles. The molecule has 0 bridgehead atoms. The van der Waals surface area contributed by atoms with Gasteiger partial charge >= 0.3 is 0 Å². The van der Waals surface area contributed by atoms with E-state index in [1.165, 1.54) is 0 Å². The number of para-hydroxylation sites is 1. The third kappa shape index (κ3) is 3.51. The number of aryl methyl sites for hydroxylation is 2. The maximum absolute atomic E-state index is 10.5. The summed E-state index contributed by atoms with van der Waals surface area (Å²) in [6.45, 7) is 3.82. The number of phenolic OH excluding ortho intramolecular Hbond substituents is 1. The van der Waals surface area contributed by atoms with Gasteiger partial charge in [-0.1, -0.05) is 36.4 Å². The van der Waals surface area contributed by atoms with Crippen LogP contribution >= 0.6 is 0 Å². The number of ether oxygens (including phenoxy) is 1. The van der Waals surface area contributed by atoms with Gasteiger partial charge in [0.25, 0.3) is 0 Å². The molecule has 4 heterocycles. The van der Waals surface area contributed by atoms with E-state index in [0.717, 1.165) is 44.3 Å². The van der Waals surface area contributed by atoms with Crippen LogP contribution in [0.5, 0.6) is 17.4 Å². The zero-order valence-electron chi connectivity index (χ0n) is 18.4. The van der Waals surface area contributed by atoms with Crippen LogP contribution in [0.4, 0.5) is 0 Å². The molecule has 0 fully saturated rings. The van der Waals surface area contributed by atoms with E-state index in [1.54, 1.807) is 12.4 Å². The van der Waals surface area contributed by atoms with Gasteiger partial charge in [0, 0.05) is 50.0 Å². The molecule has 6 rings (SSSR count). The summed E-state index contributed by atoms with van der Waals surface area (Å²) < 4.78 is 8.11. The molecule has 2 aromatic carbocycles. The molecule has 0 amide bonds. The predicted molar refractivity (Wildman–Crippen MR) is 128 cm³/mol. The van der Waals surface area contributed by atoms with Crippen molar-refractivity contribution in [2.75, 3.05) is 0 Å². The van der Waals surface area contributed by atoms with Gasteiger partial charge in [-0.15, -0.1) is 6.07 Å². The van der Waals surface area contributed by atoms with Gasteiger partial charge in [0.2, 0.25) is 5.88 Å². The number of aromatic nitrogens is 4. The second-order valence-corrected chi connectivity index (χ2v) is 7.99. The Bertz CT molecular complexity index is 1680. The Kier molecular flexibility index (Phi) is 5.54. The van der Waals surface area contributed by atoms with Crippen molar-refractivity contribution >= 4 is 32.8 Å². The second-order valence-electron chi connectivity index (χ2n) is 7.99. The third-order valence-electron chi connectivity index (χ3n) is 5.83. The molecule has 170 valence electrons. The van der Waals surface area contributed by atoms with Crippen LogP contribution in [0.25, 0.3) is 38.7 Å². The van der Waals surface area contributed by atoms with Gasteiger partial charge in [0.05, 0.1) is 0 Å². The van der Waals surface area contributed by atoms with E-state index in [0.29, 0.717) is 17.1 Å². The molecule has 0 radical (unpaired) electrons. The maximum Gasteiger partial charge on any atom is 0.217 e. The predicted octanol–water partition coefficient (Wildman–Crippen LogP) is 6.03. The van der Waals surface area contributed by atoms with Gasteiger partial charge in [-0.2, -0.15) is 0 Å². The van der Waals surface area contributed by atoms with Crippen LogP contribution in [-0.4, -0.2) is 24.6 Å². The van der Waals surface area contributed by atoms with E-state index in [2.05, 4.69) is 21.0 Å². The van der Waals surface area contributed by atoms with Crippen LogP contribution < -0.4 is 4.74 Å². The molecule has 6 aromatic rings. The SMILES string of the molecule is Cc1ccc2c(C)cc(Oc3[c-]c4c(nc3)c3ccccc3n4-c3ccccn3)nc2c1O.[Pt]. The number of fused-ring (bicyclic) bond motifs is 4. The van der Waals surface area contributed by atoms with Crippen molar-refractivity contribution < 1.29 is 30.9 Å². The maximum atomic E-state index is 10.5. The first-order valence-corrected chi connectivity index (χ1v) is 10.6. The van der Waals surface area contributed by atoms with Crippen LogP contribution in [0, 0.1) is 19.9 Å². The Morgan fingerprint density at radius 3 is 2.53 bits per heavy atom. The average Bonchev–Trinajstić information content (AvgIpc) is 3.16. The molecule has 34 heavy (non-hydrogen) atoms. The third-order valence-corrected chi connectivity index (χ3v) is 5.83. The Morgan fingerprint density at radius 2 is 1.71 bits per heavy atom. The summed E-state index contributed by atoms with van der Waals surface area (Å²) >= 11 is 0. The van der Waals surface area contributed by atoms with Crippen molar-refractivity contribution in [2.45, 2.75) is 13.8 Å². The summed E-state index contributed by atoms with van der Waals surface area (Å²) in [4.78, 5) is 13.8. The van der Waals surface area contributed by atoms with E-state index >= 15 is 0 Å². The zero-order valence-corrected chi connectivity index (χ0v) is 20.7. The smallest absolute Gasteiger partial charge is 0.217 e. The number of benzene rings is 2. The first-order chi connectivity index (χ1) is 16.1. The van der Waals surface area contributed by atoms with E-state index < -0.39 is 0 Å². The molecule has 0 saturated heterocycles. The number of aromatic hydroxyl groups is 1. The molecule has 0 spiro atoms. The number of hydrogen-bond acceptors (Lipinski definition) is 5. The molecule has 0 aliphatic carbocycles.